The SMILES string of the molecule is Nc1cc(-c2ccccc2)nc2ccncc12. The van der Waals surface area contributed by atoms with E-state index >= 15 is 0 Å². The molecule has 3 aromatic rings. The van der Waals surface area contributed by atoms with Crippen LogP contribution in [0.5, 0.6) is 0 Å². The Morgan fingerprint density at radius 2 is 1.82 bits per heavy atom. The van der Waals surface area contributed by atoms with Gasteiger partial charge in [0, 0.05) is 29.0 Å². The number of benzene rings is 1. The van der Waals surface area contributed by atoms with E-state index in [0.29, 0.717) is 5.69 Å². The Morgan fingerprint density at radius 1 is 1.00 bits per heavy atom. The third-order valence-corrected chi connectivity index (χ3v) is 2.71. The van der Waals surface area contributed by atoms with Gasteiger partial charge in [-0.1, -0.05) is 30.3 Å². The second kappa shape index (κ2) is 3.87. The Hall–Kier alpha value is -2.42. The average Bonchev–Trinajstić information content (AvgIpc) is 2.40. The predicted octanol–water partition coefficient (Wildman–Crippen LogP) is 2.88. The number of nitrogen functional groups attached to an aromatic ring is 1. The number of rotatable bonds is 1. The lowest BCUT2D eigenvalue weighted by Gasteiger charge is -2.05. The molecule has 3 rings (SSSR count). The number of fused-ring (bicyclic) bond motifs is 1. The standard InChI is InChI=1S/C14H11N3/c15-12-8-14(10-4-2-1-3-5-10)17-13-6-7-16-9-11(12)13/h1-9H,(H2,15,17). The van der Waals surface area contributed by atoms with E-state index in [1.165, 1.54) is 0 Å². The van der Waals surface area contributed by atoms with E-state index in [-0.39, 0.29) is 0 Å². The summed E-state index contributed by atoms with van der Waals surface area (Å²) in [6, 6.07) is 13.8. The molecule has 1 aromatic carbocycles. The summed E-state index contributed by atoms with van der Waals surface area (Å²) >= 11 is 0. The summed E-state index contributed by atoms with van der Waals surface area (Å²) in [6.07, 6.45) is 3.47. The minimum atomic E-state index is 0.710. The maximum atomic E-state index is 6.01. The van der Waals surface area contributed by atoms with Crippen LogP contribution in [0, 0.1) is 0 Å². The molecule has 0 atom stereocenters. The summed E-state index contributed by atoms with van der Waals surface area (Å²) in [5.74, 6) is 0. The molecule has 3 nitrogen and oxygen atoms in total. The maximum Gasteiger partial charge on any atom is 0.0761 e. The summed E-state index contributed by atoms with van der Waals surface area (Å²) < 4.78 is 0. The maximum absolute atomic E-state index is 6.01. The Morgan fingerprint density at radius 3 is 2.65 bits per heavy atom. The minimum absolute atomic E-state index is 0.710. The number of pyridine rings is 2. The number of hydrogen-bond donors (Lipinski definition) is 1. The van der Waals surface area contributed by atoms with Crippen LogP contribution in [0.3, 0.4) is 0 Å². The quantitative estimate of drug-likeness (QED) is 0.687. The van der Waals surface area contributed by atoms with Crippen molar-refractivity contribution in [3.63, 3.8) is 0 Å². The van der Waals surface area contributed by atoms with Gasteiger partial charge in [0.1, 0.15) is 0 Å². The van der Waals surface area contributed by atoms with Gasteiger partial charge in [-0.05, 0) is 12.1 Å². The first kappa shape index (κ1) is 9.78. The van der Waals surface area contributed by atoms with Crippen LogP contribution in [-0.2, 0) is 0 Å². The van der Waals surface area contributed by atoms with Crippen molar-refractivity contribution in [3.05, 3.63) is 54.9 Å². The van der Waals surface area contributed by atoms with Gasteiger partial charge in [-0.3, -0.25) is 4.98 Å². The third kappa shape index (κ3) is 1.72. The summed E-state index contributed by atoms with van der Waals surface area (Å²) in [7, 11) is 0. The van der Waals surface area contributed by atoms with Crippen LogP contribution < -0.4 is 5.73 Å². The molecule has 0 spiro atoms. The fourth-order valence-electron chi connectivity index (χ4n) is 1.85. The number of nitrogens with zero attached hydrogens (tertiary/aromatic N) is 2. The molecule has 2 heterocycles. The van der Waals surface area contributed by atoms with Crippen LogP contribution in [0.4, 0.5) is 5.69 Å². The van der Waals surface area contributed by atoms with Gasteiger partial charge < -0.3 is 5.73 Å². The lowest BCUT2D eigenvalue weighted by atomic mass is 10.1. The first-order valence-electron chi connectivity index (χ1n) is 5.40. The van der Waals surface area contributed by atoms with Crippen molar-refractivity contribution in [2.45, 2.75) is 0 Å². The molecule has 0 aliphatic rings. The Kier molecular flexibility index (Phi) is 2.22. The largest absolute Gasteiger partial charge is 0.398 e. The highest BCUT2D eigenvalue weighted by atomic mass is 14.7. The molecule has 0 saturated carbocycles. The first-order valence-corrected chi connectivity index (χ1v) is 5.40. The zero-order valence-electron chi connectivity index (χ0n) is 9.17. The minimum Gasteiger partial charge on any atom is -0.398 e. The monoisotopic (exact) mass is 221 g/mol. The number of hydrogen-bond acceptors (Lipinski definition) is 3. The van der Waals surface area contributed by atoms with Crippen molar-refractivity contribution in [2.75, 3.05) is 5.73 Å². The van der Waals surface area contributed by atoms with Crippen molar-refractivity contribution in [2.24, 2.45) is 0 Å². The van der Waals surface area contributed by atoms with Crippen molar-refractivity contribution < 1.29 is 0 Å². The van der Waals surface area contributed by atoms with E-state index in [1.54, 1.807) is 12.4 Å². The summed E-state index contributed by atoms with van der Waals surface area (Å²) in [5, 5.41) is 0.896. The fourth-order valence-corrected chi connectivity index (χ4v) is 1.85. The molecule has 82 valence electrons. The van der Waals surface area contributed by atoms with Gasteiger partial charge in [-0.2, -0.15) is 0 Å². The molecule has 3 heteroatoms. The van der Waals surface area contributed by atoms with Crippen molar-refractivity contribution >= 4 is 16.6 Å². The highest BCUT2D eigenvalue weighted by molar-refractivity contribution is 5.91. The molecule has 0 aliphatic heterocycles. The lowest BCUT2D eigenvalue weighted by Crippen LogP contribution is -1.93. The molecular weight excluding hydrogens is 210 g/mol. The molecule has 2 N–H and O–H groups in total. The highest BCUT2D eigenvalue weighted by Gasteiger charge is 2.04. The molecule has 0 amide bonds. The van der Waals surface area contributed by atoms with Gasteiger partial charge in [-0.15, -0.1) is 0 Å². The second-order valence-electron chi connectivity index (χ2n) is 3.86. The van der Waals surface area contributed by atoms with Crippen molar-refractivity contribution in [1.82, 2.24) is 9.97 Å². The van der Waals surface area contributed by atoms with Gasteiger partial charge in [0.05, 0.1) is 11.2 Å². The summed E-state index contributed by atoms with van der Waals surface area (Å²) in [6.45, 7) is 0. The molecule has 2 aromatic heterocycles. The van der Waals surface area contributed by atoms with Gasteiger partial charge >= 0.3 is 0 Å². The van der Waals surface area contributed by atoms with E-state index in [0.717, 1.165) is 22.2 Å². The van der Waals surface area contributed by atoms with Crippen LogP contribution in [0.1, 0.15) is 0 Å². The molecule has 0 radical (unpaired) electrons. The zero-order chi connectivity index (χ0) is 11.7. The van der Waals surface area contributed by atoms with Gasteiger partial charge in [0.2, 0.25) is 0 Å². The molecule has 0 bridgehead atoms. The van der Waals surface area contributed by atoms with Gasteiger partial charge in [-0.25, -0.2) is 4.98 Å². The van der Waals surface area contributed by atoms with E-state index in [1.807, 2.05) is 42.5 Å². The summed E-state index contributed by atoms with van der Waals surface area (Å²) in [5.41, 5.74) is 9.56. The summed E-state index contributed by atoms with van der Waals surface area (Å²) in [4.78, 5) is 8.64. The Bertz CT molecular complexity index is 663. The Labute approximate surface area is 98.9 Å². The molecule has 0 saturated heterocycles. The lowest BCUT2D eigenvalue weighted by molar-refractivity contribution is 1.32. The number of anilines is 1. The molecule has 0 fully saturated rings. The highest BCUT2D eigenvalue weighted by Crippen LogP contribution is 2.25. The van der Waals surface area contributed by atoms with Crippen LogP contribution in [0.2, 0.25) is 0 Å². The van der Waals surface area contributed by atoms with Crippen LogP contribution in [-0.4, -0.2) is 9.97 Å². The van der Waals surface area contributed by atoms with Gasteiger partial charge in [0.25, 0.3) is 0 Å². The predicted molar refractivity (Wildman–Crippen MR) is 69.4 cm³/mol. The molecule has 0 unspecified atom stereocenters. The topological polar surface area (TPSA) is 51.8 Å². The van der Waals surface area contributed by atoms with E-state index in [4.69, 9.17) is 5.73 Å². The Balaban J connectivity index is 2.26. The van der Waals surface area contributed by atoms with E-state index in [2.05, 4.69) is 9.97 Å². The second-order valence-corrected chi connectivity index (χ2v) is 3.86. The zero-order valence-corrected chi connectivity index (χ0v) is 9.17. The van der Waals surface area contributed by atoms with Crippen LogP contribution >= 0.6 is 0 Å². The fraction of sp³-hybridized carbons (Fsp3) is 0. The van der Waals surface area contributed by atoms with E-state index in [9.17, 15) is 0 Å². The van der Waals surface area contributed by atoms with Gasteiger partial charge in [0.15, 0.2) is 0 Å². The third-order valence-electron chi connectivity index (χ3n) is 2.71. The molecule has 0 aliphatic carbocycles. The molecule has 17 heavy (non-hydrogen) atoms. The van der Waals surface area contributed by atoms with Crippen molar-refractivity contribution in [1.29, 1.82) is 0 Å². The smallest absolute Gasteiger partial charge is 0.0761 e. The number of nitrogens with two attached hydrogens (primary N) is 1. The van der Waals surface area contributed by atoms with Crippen LogP contribution in [0.15, 0.2) is 54.9 Å². The van der Waals surface area contributed by atoms with Crippen LogP contribution in [0.25, 0.3) is 22.2 Å². The van der Waals surface area contributed by atoms with E-state index < -0.39 is 0 Å². The first-order chi connectivity index (χ1) is 8.34. The number of aromatic nitrogens is 2. The average molecular weight is 221 g/mol. The molecular formula is C14H11N3. The normalized spacial score (nSPS) is 10.6. The van der Waals surface area contributed by atoms with Crippen molar-refractivity contribution in [3.8, 4) is 11.3 Å².